The van der Waals surface area contributed by atoms with Crippen LogP contribution in [-0.4, -0.2) is 64.8 Å². The molecule has 9 nitrogen and oxygen atoms in total. The highest BCUT2D eigenvalue weighted by Crippen LogP contribution is 2.39. The fourth-order valence-corrected chi connectivity index (χ4v) is 7.22. The molecule has 4 aromatic rings. The van der Waals surface area contributed by atoms with Gasteiger partial charge in [0.15, 0.2) is 0 Å². The lowest BCUT2D eigenvalue weighted by Gasteiger charge is -2.33. The molecule has 0 radical (unpaired) electrons. The van der Waals surface area contributed by atoms with Crippen molar-refractivity contribution in [2.45, 2.75) is 117 Å². The van der Waals surface area contributed by atoms with Gasteiger partial charge < -0.3 is 24.3 Å². The lowest BCUT2D eigenvalue weighted by Crippen LogP contribution is -2.41. The van der Waals surface area contributed by atoms with Crippen LogP contribution in [0.4, 0.5) is 4.79 Å². The predicted octanol–water partition coefficient (Wildman–Crippen LogP) is 9.06. The van der Waals surface area contributed by atoms with Gasteiger partial charge in [-0.2, -0.15) is 0 Å². The number of rotatable bonds is 10. The Bertz CT molecular complexity index is 1840. The van der Waals surface area contributed by atoms with Gasteiger partial charge in [-0.05, 0) is 98.4 Å². The summed E-state index contributed by atoms with van der Waals surface area (Å²) in [6, 6.07) is 15.3. The van der Waals surface area contributed by atoms with Gasteiger partial charge in [-0.15, -0.1) is 0 Å². The van der Waals surface area contributed by atoms with E-state index in [1.165, 1.54) is 11.1 Å². The molecule has 1 aliphatic rings. The second-order valence-electron chi connectivity index (χ2n) is 17.2. The topological polar surface area (TPSA) is 98.6 Å². The van der Waals surface area contributed by atoms with Gasteiger partial charge in [0.2, 0.25) is 0 Å². The molecule has 1 saturated heterocycles. The van der Waals surface area contributed by atoms with Gasteiger partial charge in [-0.25, -0.2) is 14.8 Å². The maximum atomic E-state index is 13.0. The van der Waals surface area contributed by atoms with Gasteiger partial charge >= 0.3 is 6.09 Å². The monoisotopic (exact) mass is 711 g/mol. The largest absolute Gasteiger partial charge is 0.444 e. The van der Waals surface area contributed by atoms with E-state index in [9.17, 15) is 9.59 Å². The van der Waals surface area contributed by atoms with Crippen LogP contribution >= 0.6 is 0 Å². The Labute approximate surface area is 305 Å². The molecule has 2 aromatic carbocycles. The third kappa shape index (κ3) is 9.86. The molecule has 2 aromatic heterocycles. The molecule has 0 bridgehead atoms. The van der Waals surface area contributed by atoms with Gasteiger partial charge in [0.05, 0.1) is 5.69 Å². The summed E-state index contributed by atoms with van der Waals surface area (Å²) in [5, 5.41) is 4.13. The molecular formula is C41H57N5O4Si. The number of nitrogens with one attached hydrogen (secondary N) is 1. The number of piperidine rings is 1. The normalized spacial score (nSPS) is 14.6. The SMILES string of the molecule is Cc1cc(-c2ncnc3c2c(C2CCN(C(=O)OC(C)(C)C)CC2)cn3COCC[Si](C)(C)C)ccc1CNC(=O)c1ccc(C(C)(C)C)cc1. The van der Waals surface area contributed by atoms with Crippen LogP contribution in [0.25, 0.3) is 22.3 Å². The van der Waals surface area contributed by atoms with Crippen molar-refractivity contribution < 1.29 is 19.1 Å². The first-order valence-electron chi connectivity index (χ1n) is 18.3. The average molecular weight is 712 g/mol. The molecule has 0 unspecified atom stereocenters. The summed E-state index contributed by atoms with van der Waals surface area (Å²) in [5.74, 6) is 0.138. The molecule has 1 N–H and O–H groups in total. The van der Waals surface area contributed by atoms with Crippen LogP contribution in [0.1, 0.15) is 92.9 Å². The van der Waals surface area contributed by atoms with E-state index in [4.69, 9.17) is 19.4 Å². The van der Waals surface area contributed by atoms with Gasteiger partial charge in [0, 0.05) is 57.0 Å². The summed E-state index contributed by atoms with van der Waals surface area (Å²) in [6.07, 6.45) is 5.21. The van der Waals surface area contributed by atoms with Gasteiger partial charge in [0.25, 0.3) is 5.91 Å². The minimum absolute atomic E-state index is 0.0347. The van der Waals surface area contributed by atoms with E-state index in [0.717, 1.165) is 58.9 Å². The van der Waals surface area contributed by atoms with Gasteiger partial charge in [-0.1, -0.05) is 64.7 Å². The van der Waals surface area contributed by atoms with Crippen LogP contribution in [-0.2, 0) is 28.2 Å². The van der Waals surface area contributed by atoms with Crippen molar-refractivity contribution in [2.75, 3.05) is 19.7 Å². The van der Waals surface area contributed by atoms with Crippen molar-refractivity contribution in [3.63, 3.8) is 0 Å². The number of carbonyl (C=O) groups excluding carboxylic acids is 2. The number of benzene rings is 2. The minimum Gasteiger partial charge on any atom is -0.444 e. The summed E-state index contributed by atoms with van der Waals surface area (Å²) in [7, 11) is -1.23. The Morgan fingerprint density at radius 3 is 2.25 bits per heavy atom. The van der Waals surface area contributed by atoms with Crippen molar-refractivity contribution in [2.24, 2.45) is 0 Å². The predicted molar refractivity (Wildman–Crippen MR) is 208 cm³/mol. The molecule has 0 spiro atoms. The third-order valence-corrected chi connectivity index (χ3v) is 11.3. The molecule has 10 heteroatoms. The second-order valence-corrected chi connectivity index (χ2v) is 22.8. The van der Waals surface area contributed by atoms with Crippen LogP contribution in [0, 0.1) is 6.92 Å². The summed E-state index contributed by atoms with van der Waals surface area (Å²) in [4.78, 5) is 37.3. The number of fused-ring (bicyclic) bond motifs is 1. The lowest BCUT2D eigenvalue weighted by atomic mass is 9.87. The highest BCUT2D eigenvalue weighted by Gasteiger charge is 2.30. The van der Waals surface area contributed by atoms with Crippen molar-refractivity contribution in [1.29, 1.82) is 0 Å². The Kier molecular flexibility index (Phi) is 11.5. The van der Waals surface area contributed by atoms with E-state index in [-0.39, 0.29) is 23.3 Å². The number of nitrogens with zero attached hydrogens (tertiary/aromatic N) is 4. The molecule has 0 aliphatic carbocycles. The molecule has 3 heterocycles. The molecule has 1 aliphatic heterocycles. The maximum Gasteiger partial charge on any atom is 0.410 e. The Morgan fingerprint density at radius 1 is 0.961 bits per heavy atom. The van der Waals surface area contributed by atoms with Crippen LogP contribution in [0.15, 0.2) is 55.0 Å². The van der Waals surface area contributed by atoms with E-state index >= 15 is 0 Å². The van der Waals surface area contributed by atoms with E-state index < -0.39 is 13.7 Å². The smallest absolute Gasteiger partial charge is 0.410 e. The lowest BCUT2D eigenvalue weighted by molar-refractivity contribution is 0.0205. The molecule has 274 valence electrons. The zero-order valence-corrected chi connectivity index (χ0v) is 33.4. The molecule has 2 amide bonds. The number of likely N-dealkylation sites (tertiary alicyclic amines) is 1. The van der Waals surface area contributed by atoms with E-state index in [1.54, 1.807) is 6.33 Å². The Hall–Kier alpha value is -4.02. The van der Waals surface area contributed by atoms with Gasteiger partial charge in [-0.3, -0.25) is 4.79 Å². The fraction of sp³-hybridized carbons (Fsp3) is 0.512. The zero-order chi connectivity index (χ0) is 37.1. The molecule has 51 heavy (non-hydrogen) atoms. The maximum absolute atomic E-state index is 13.0. The van der Waals surface area contributed by atoms with E-state index in [1.807, 2.05) is 49.9 Å². The number of aromatic nitrogens is 3. The van der Waals surface area contributed by atoms with Gasteiger partial charge in [0.1, 0.15) is 24.3 Å². The Balaban J connectivity index is 1.39. The zero-order valence-electron chi connectivity index (χ0n) is 32.4. The van der Waals surface area contributed by atoms with E-state index in [2.05, 4.69) is 81.6 Å². The number of amides is 2. The second kappa shape index (κ2) is 15.3. The van der Waals surface area contributed by atoms with E-state index in [0.29, 0.717) is 31.9 Å². The highest BCUT2D eigenvalue weighted by atomic mass is 28.3. The first-order valence-corrected chi connectivity index (χ1v) is 22.0. The minimum atomic E-state index is -1.23. The Morgan fingerprint density at radius 2 is 1.65 bits per heavy atom. The van der Waals surface area contributed by atoms with Crippen molar-refractivity contribution in [1.82, 2.24) is 24.8 Å². The van der Waals surface area contributed by atoms with Crippen molar-refractivity contribution >= 4 is 31.1 Å². The number of ether oxygens (including phenoxy) is 2. The summed E-state index contributed by atoms with van der Waals surface area (Å²) >= 11 is 0. The van der Waals surface area contributed by atoms with Crippen LogP contribution < -0.4 is 5.32 Å². The first kappa shape index (κ1) is 38.2. The number of hydrogen-bond donors (Lipinski definition) is 1. The van der Waals surface area contributed by atoms with Crippen molar-refractivity contribution in [3.8, 4) is 11.3 Å². The summed E-state index contributed by atoms with van der Waals surface area (Å²) in [6.45, 7) is 24.2. The third-order valence-electron chi connectivity index (χ3n) is 9.56. The standard InChI is InChI=1S/C41H57N5O4Si/c1-28-23-31(11-12-32(28)24-42-38(47)30-13-15-33(16-14-30)40(2,3)4)36-35-34(29-17-19-45(20-18-29)39(48)50-41(5,6)7)25-46(37(35)44-26-43-36)27-49-21-22-51(8,9)10/h11-16,23,25-26,29H,17-22,24,27H2,1-10H3,(H,42,47). The number of aryl methyl sites for hydroxylation is 1. The fourth-order valence-electron chi connectivity index (χ4n) is 6.46. The van der Waals surface area contributed by atoms with Crippen LogP contribution in [0.2, 0.25) is 25.7 Å². The highest BCUT2D eigenvalue weighted by molar-refractivity contribution is 6.76. The quantitative estimate of drug-likeness (QED) is 0.130. The molecule has 0 atom stereocenters. The number of hydrogen-bond acceptors (Lipinski definition) is 6. The van der Waals surface area contributed by atoms with Crippen LogP contribution in [0.5, 0.6) is 0 Å². The number of carbonyl (C=O) groups is 2. The summed E-state index contributed by atoms with van der Waals surface area (Å²) in [5.41, 5.74) is 7.39. The molecule has 1 fully saturated rings. The van der Waals surface area contributed by atoms with Crippen molar-refractivity contribution in [3.05, 3.63) is 82.8 Å². The first-order chi connectivity index (χ1) is 23.9. The average Bonchev–Trinajstić information content (AvgIpc) is 3.43. The molecule has 5 rings (SSSR count). The molecular weight excluding hydrogens is 655 g/mol. The summed E-state index contributed by atoms with van der Waals surface area (Å²) < 4.78 is 14.0. The van der Waals surface area contributed by atoms with Crippen LogP contribution in [0.3, 0.4) is 0 Å². The molecule has 0 saturated carbocycles.